The highest BCUT2D eigenvalue weighted by Gasteiger charge is 2.20. The van der Waals surface area contributed by atoms with Crippen molar-refractivity contribution in [2.45, 2.75) is 6.92 Å². The van der Waals surface area contributed by atoms with Crippen LogP contribution in [-0.2, 0) is 4.79 Å². The van der Waals surface area contributed by atoms with Crippen molar-refractivity contribution in [3.05, 3.63) is 29.5 Å². The third kappa shape index (κ3) is 3.00. The Balaban J connectivity index is 2.17. The van der Waals surface area contributed by atoms with Crippen molar-refractivity contribution in [3.63, 3.8) is 0 Å². The Bertz CT molecular complexity index is 576. The van der Waals surface area contributed by atoms with Crippen molar-refractivity contribution >= 4 is 23.2 Å². The number of aromatic nitrogens is 1. The molecule has 0 aliphatic heterocycles. The summed E-state index contributed by atoms with van der Waals surface area (Å²) in [5.74, 6) is -0.781. The second-order valence-electron chi connectivity index (χ2n) is 3.72. The van der Waals surface area contributed by atoms with Crippen LogP contribution in [0.5, 0.6) is 0 Å². The minimum absolute atomic E-state index is 0.316. The first-order valence-electron chi connectivity index (χ1n) is 5.62. The zero-order chi connectivity index (χ0) is 13.8. The predicted octanol–water partition coefficient (Wildman–Crippen LogP) is 1.95. The van der Waals surface area contributed by atoms with Gasteiger partial charge in [0.2, 0.25) is 0 Å². The lowest BCUT2D eigenvalue weighted by Gasteiger charge is -2.16. The first-order valence-corrected chi connectivity index (χ1v) is 6.44. The number of aliphatic carboxylic acids is 1. The zero-order valence-electron chi connectivity index (χ0n) is 10.2. The number of carboxylic acids is 1. The van der Waals surface area contributed by atoms with Gasteiger partial charge in [-0.25, -0.2) is 4.98 Å². The van der Waals surface area contributed by atoms with Gasteiger partial charge in [-0.05, 0) is 19.1 Å². The number of likely N-dealkylation sites (N-methyl/N-ethyl adjacent to an activating group) is 1. The maximum atomic E-state index is 12.1. The van der Waals surface area contributed by atoms with Crippen molar-refractivity contribution in [2.24, 2.45) is 0 Å². The van der Waals surface area contributed by atoms with E-state index in [9.17, 15) is 9.59 Å². The number of amides is 1. The largest absolute Gasteiger partial charge is 0.480 e. The molecule has 100 valence electrons. The standard InChI is InChI=1S/C12H12N2O4S/c1-2-14(7-10(15)16)12(17)9-6-13-11(19-9)8-4-3-5-18-8/h3-6H,2,7H2,1H3,(H,15,16). The summed E-state index contributed by atoms with van der Waals surface area (Å²) in [4.78, 5) is 28.5. The maximum absolute atomic E-state index is 12.1. The van der Waals surface area contributed by atoms with Crippen LogP contribution in [-0.4, -0.2) is 40.0 Å². The minimum atomic E-state index is -1.04. The van der Waals surface area contributed by atoms with E-state index >= 15 is 0 Å². The number of carboxylic acid groups (broad SMARTS) is 1. The lowest BCUT2D eigenvalue weighted by molar-refractivity contribution is -0.137. The SMILES string of the molecule is CCN(CC(=O)O)C(=O)c1cnc(-c2ccco2)s1. The van der Waals surface area contributed by atoms with Gasteiger partial charge in [-0.15, -0.1) is 11.3 Å². The topological polar surface area (TPSA) is 83.6 Å². The minimum Gasteiger partial charge on any atom is -0.480 e. The molecule has 7 heteroatoms. The van der Waals surface area contributed by atoms with Crippen molar-refractivity contribution < 1.29 is 19.1 Å². The summed E-state index contributed by atoms with van der Waals surface area (Å²) >= 11 is 1.18. The fourth-order valence-corrected chi connectivity index (χ4v) is 2.39. The van der Waals surface area contributed by atoms with Gasteiger partial charge >= 0.3 is 5.97 Å². The fourth-order valence-electron chi connectivity index (χ4n) is 1.53. The predicted molar refractivity (Wildman–Crippen MR) is 69.0 cm³/mol. The van der Waals surface area contributed by atoms with Crippen LogP contribution in [0.25, 0.3) is 10.8 Å². The third-order valence-corrected chi connectivity index (χ3v) is 3.44. The van der Waals surface area contributed by atoms with Crippen molar-refractivity contribution in [2.75, 3.05) is 13.1 Å². The number of rotatable bonds is 5. The Labute approximate surface area is 113 Å². The Kier molecular flexibility index (Phi) is 3.96. The molecule has 1 N–H and O–H groups in total. The lowest BCUT2D eigenvalue weighted by Crippen LogP contribution is -2.34. The van der Waals surface area contributed by atoms with E-state index < -0.39 is 5.97 Å². The number of nitrogens with zero attached hydrogens (tertiary/aromatic N) is 2. The summed E-state index contributed by atoms with van der Waals surface area (Å²) in [7, 11) is 0. The van der Waals surface area contributed by atoms with Crippen LogP contribution < -0.4 is 0 Å². The molecule has 2 aromatic rings. The molecule has 19 heavy (non-hydrogen) atoms. The molecule has 0 fully saturated rings. The van der Waals surface area contributed by atoms with Crippen molar-refractivity contribution in [1.82, 2.24) is 9.88 Å². The second kappa shape index (κ2) is 5.66. The molecule has 0 spiro atoms. The number of carbonyl (C=O) groups excluding carboxylic acids is 1. The monoisotopic (exact) mass is 280 g/mol. The molecule has 0 saturated heterocycles. The summed E-state index contributed by atoms with van der Waals surface area (Å²) in [6, 6.07) is 3.49. The zero-order valence-corrected chi connectivity index (χ0v) is 11.0. The molecule has 2 heterocycles. The molecule has 0 aliphatic carbocycles. The first kappa shape index (κ1) is 13.3. The molecular formula is C12H12N2O4S. The summed E-state index contributed by atoms with van der Waals surface area (Å²) in [6.45, 7) is 1.75. The van der Waals surface area contributed by atoms with Crippen LogP contribution in [0.1, 0.15) is 16.6 Å². The average molecular weight is 280 g/mol. The normalized spacial score (nSPS) is 10.4. The van der Waals surface area contributed by atoms with Gasteiger partial charge in [0.25, 0.3) is 5.91 Å². The molecule has 2 aromatic heterocycles. The van der Waals surface area contributed by atoms with Crippen LogP contribution in [0.15, 0.2) is 29.0 Å². The van der Waals surface area contributed by atoms with Crippen LogP contribution in [0.3, 0.4) is 0 Å². The van der Waals surface area contributed by atoms with E-state index in [1.165, 1.54) is 28.7 Å². The smallest absolute Gasteiger partial charge is 0.323 e. The van der Waals surface area contributed by atoms with Crippen molar-refractivity contribution in [1.29, 1.82) is 0 Å². The first-order chi connectivity index (χ1) is 9.11. The molecule has 0 aromatic carbocycles. The molecule has 0 bridgehead atoms. The Morgan fingerprint density at radius 3 is 2.89 bits per heavy atom. The third-order valence-electron chi connectivity index (χ3n) is 2.44. The highest BCUT2D eigenvalue weighted by atomic mass is 32.1. The molecule has 0 aliphatic rings. The van der Waals surface area contributed by atoms with Gasteiger partial charge in [0.1, 0.15) is 11.4 Å². The molecular weight excluding hydrogens is 268 g/mol. The van der Waals surface area contributed by atoms with Crippen molar-refractivity contribution in [3.8, 4) is 10.8 Å². The number of carbonyl (C=O) groups is 2. The van der Waals surface area contributed by atoms with Gasteiger partial charge in [-0.2, -0.15) is 0 Å². The molecule has 1 amide bonds. The van der Waals surface area contributed by atoms with Gasteiger partial charge in [0.15, 0.2) is 10.8 Å². The lowest BCUT2D eigenvalue weighted by atomic mass is 10.4. The average Bonchev–Trinajstić information content (AvgIpc) is 3.04. The number of thiazole rings is 1. The van der Waals surface area contributed by atoms with Crippen LogP contribution >= 0.6 is 11.3 Å². The maximum Gasteiger partial charge on any atom is 0.323 e. The Morgan fingerprint density at radius 1 is 1.53 bits per heavy atom. The number of hydrogen-bond acceptors (Lipinski definition) is 5. The van der Waals surface area contributed by atoms with E-state index in [4.69, 9.17) is 9.52 Å². The number of furan rings is 1. The van der Waals surface area contributed by atoms with E-state index in [2.05, 4.69) is 4.98 Å². The van der Waals surface area contributed by atoms with Crippen LogP contribution in [0, 0.1) is 0 Å². The fraction of sp³-hybridized carbons (Fsp3) is 0.250. The summed E-state index contributed by atoms with van der Waals surface area (Å²) < 4.78 is 5.19. The van der Waals surface area contributed by atoms with Gasteiger partial charge < -0.3 is 14.4 Å². The number of hydrogen-bond donors (Lipinski definition) is 1. The highest BCUT2D eigenvalue weighted by molar-refractivity contribution is 7.16. The van der Waals surface area contributed by atoms with Gasteiger partial charge in [0, 0.05) is 6.54 Å². The molecule has 6 nitrogen and oxygen atoms in total. The van der Waals surface area contributed by atoms with Gasteiger partial charge in [0.05, 0.1) is 12.5 Å². The van der Waals surface area contributed by atoms with E-state index in [0.29, 0.717) is 22.2 Å². The van der Waals surface area contributed by atoms with Crippen LogP contribution in [0.4, 0.5) is 0 Å². The Hall–Kier alpha value is -2.15. The van der Waals surface area contributed by atoms with E-state index in [-0.39, 0.29) is 12.5 Å². The van der Waals surface area contributed by atoms with E-state index in [1.807, 2.05) is 0 Å². The van der Waals surface area contributed by atoms with Crippen LogP contribution in [0.2, 0.25) is 0 Å². The molecule has 0 unspecified atom stereocenters. The summed E-state index contributed by atoms with van der Waals surface area (Å²) in [6.07, 6.45) is 2.97. The van der Waals surface area contributed by atoms with E-state index in [1.54, 1.807) is 19.1 Å². The Morgan fingerprint density at radius 2 is 2.32 bits per heavy atom. The second-order valence-corrected chi connectivity index (χ2v) is 4.75. The quantitative estimate of drug-likeness (QED) is 0.905. The summed E-state index contributed by atoms with van der Waals surface area (Å²) in [5.41, 5.74) is 0. The van der Waals surface area contributed by atoms with Gasteiger partial charge in [-0.3, -0.25) is 9.59 Å². The molecule has 2 rings (SSSR count). The molecule has 0 saturated carbocycles. The summed E-state index contributed by atoms with van der Waals surface area (Å²) in [5, 5.41) is 9.34. The van der Waals surface area contributed by atoms with E-state index in [0.717, 1.165) is 0 Å². The molecule has 0 atom stereocenters. The van der Waals surface area contributed by atoms with Gasteiger partial charge in [-0.1, -0.05) is 0 Å². The molecule has 0 radical (unpaired) electrons. The highest BCUT2D eigenvalue weighted by Crippen LogP contribution is 2.26.